The summed E-state index contributed by atoms with van der Waals surface area (Å²) in [6.45, 7) is 8.14. The Morgan fingerprint density at radius 1 is 1.32 bits per heavy atom. The normalized spacial score (nSPS) is 14.9. The number of hydrogen-bond donors (Lipinski definition) is 2. The molecule has 19 heavy (non-hydrogen) atoms. The molecule has 0 aliphatic carbocycles. The number of nitrogens with two attached hydrogens (primary N) is 1. The number of rotatable bonds is 7. The number of aromatic nitrogens is 3. The molecule has 108 valence electrons. The van der Waals surface area contributed by atoms with Crippen molar-refractivity contribution in [2.45, 2.75) is 52.6 Å². The molecule has 0 spiro atoms. The Labute approximate surface area is 114 Å². The molecule has 2 atom stereocenters. The van der Waals surface area contributed by atoms with E-state index in [2.05, 4.69) is 24.2 Å². The maximum absolute atomic E-state index is 11.3. The quantitative estimate of drug-likeness (QED) is 0.788. The van der Waals surface area contributed by atoms with E-state index in [9.17, 15) is 9.90 Å². The first-order valence-corrected chi connectivity index (χ1v) is 6.71. The third-order valence-electron chi connectivity index (χ3n) is 2.93. The molecule has 0 saturated carbocycles. The van der Waals surface area contributed by atoms with Crippen molar-refractivity contribution in [3.8, 4) is 0 Å². The van der Waals surface area contributed by atoms with Gasteiger partial charge in [0.2, 0.25) is 0 Å². The predicted octanol–water partition coefficient (Wildman–Crippen LogP) is 2.00. The van der Waals surface area contributed by atoms with Gasteiger partial charge in [0, 0.05) is 0 Å². The van der Waals surface area contributed by atoms with Crippen molar-refractivity contribution in [2.75, 3.05) is 0 Å². The van der Waals surface area contributed by atoms with Crippen molar-refractivity contribution in [2.24, 2.45) is 17.6 Å². The Hall–Kier alpha value is -1.43. The number of aliphatic carboxylic acids is 1. The van der Waals surface area contributed by atoms with E-state index in [0.717, 1.165) is 6.42 Å². The fraction of sp³-hybridized carbons (Fsp3) is 0.769. The Kier molecular flexibility index (Phi) is 5.47. The molecule has 3 N–H and O–H groups in total. The van der Waals surface area contributed by atoms with Crippen molar-refractivity contribution in [3.63, 3.8) is 0 Å². The SMILES string of the molecule is CC(C)C[C@H](N)c1cn([C@@H](CC(C)C)C(=O)O)nn1. The first-order chi connectivity index (χ1) is 8.81. The van der Waals surface area contributed by atoms with Gasteiger partial charge in [0.05, 0.1) is 17.9 Å². The van der Waals surface area contributed by atoms with E-state index in [-0.39, 0.29) is 12.0 Å². The monoisotopic (exact) mass is 268 g/mol. The van der Waals surface area contributed by atoms with Crippen molar-refractivity contribution < 1.29 is 9.90 Å². The number of carbonyl (C=O) groups is 1. The average Bonchev–Trinajstić information content (AvgIpc) is 2.73. The smallest absolute Gasteiger partial charge is 0.328 e. The second kappa shape index (κ2) is 6.65. The zero-order valence-corrected chi connectivity index (χ0v) is 12.1. The molecular weight excluding hydrogens is 244 g/mol. The van der Waals surface area contributed by atoms with Gasteiger partial charge in [-0.15, -0.1) is 5.10 Å². The molecule has 1 aromatic rings. The molecule has 0 fully saturated rings. The number of carboxylic acids is 1. The van der Waals surface area contributed by atoms with E-state index in [1.807, 2.05) is 13.8 Å². The highest BCUT2D eigenvalue weighted by atomic mass is 16.4. The standard InChI is InChI=1S/C13H24N4O2/c1-8(2)5-10(14)11-7-17(16-15-11)12(13(18)19)6-9(3)4/h7-10,12H,5-6,14H2,1-4H3,(H,18,19)/t10-,12-/m0/s1. The van der Waals surface area contributed by atoms with Gasteiger partial charge >= 0.3 is 5.97 Å². The van der Waals surface area contributed by atoms with Crippen LogP contribution in [0, 0.1) is 11.8 Å². The Morgan fingerprint density at radius 2 is 1.89 bits per heavy atom. The van der Waals surface area contributed by atoms with Crippen molar-refractivity contribution in [1.82, 2.24) is 15.0 Å². The lowest BCUT2D eigenvalue weighted by Gasteiger charge is -2.14. The summed E-state index contributed by atoms with van der Waals surface area (Å²) in [6.07, 6.45) is 2.99. The number of carboxylic acid groups (broad SMARTS) is 1. The maximum atomic E-state index is 11.3. The fourth-order valence-electron chi connectivity index (χ4n) is 2.01. The summed E-state index contributed by atoms with van der Waals surface area (Å²) in [6, 6.07) is -0.866. The number of hydrogen-bond acceptors (Lipinski definition) is 4. The van der Waals surface area contributed by atoms with E-state index in [1.165, 1.54) is 4.68 Å². The molecule has 1 aromatic heterocycles. The van der Waals surface area contributed by atoms with Crippen LogP contribution in [-0.4, -0.2) is 26.1 Å². The summed E-state index contributed by atoms with van der Waals surface area (Å²) >= 11 is 0. The Balaban J connectivity index is 2.83. The number of nitrogens with zero attached hydrogens (tertiary/aromatic N) is 3. The van der Waals surface area contributed by atoms with Crippen LogP contribution >= 0.6 is 0 Å². The van der Waals surface area contributed by atoms with Crippen molar-refractivity contribution in [3.05, 3.63) is 11.9 Å². The van der Waals surface area contributed by atoms with Crippen molar-refractivity contribution in [1.29, 1.82) is 0 Å². The van der Waals surface area contributed by atoms with E-state index in [0.29, 0.717) is 18.0 Å². The zero-order chi connectivity index (χ0) is 14.6. The first kappa shape index (κ1) is 15.6. The topological polar surface area (TPSA) is 94.0 Å². The van der Waals surface area contributed by atoms with Gasteiger partial charge in [-0.05, 0) is 24.7 Å². The second-order valence-electron chi connectivity index (χ2n) is 5.84. The molecular formula is C13H24N4O2. The lowest BCUT2D eigenvalue weighted by atomic mass is 10.0. The highest BCUT2D eigenvalue weighted by Crippen LogP contribution is 2.20. The van der Waals surface area contributed by atoms with Gasteiger partial charge in [0.25, 0.3) is 0 Å². The minimum atomic E-state index is -0.886. The van der Waals surface area contributed by atoms with E-state index >= 15 is 0 Å². The molecule has 0 aromatic carbocycles. The van der Waals surface area contributed by atoms with Gasteiger partial charge in [0.1, 0.15) is 0 Å². The molecule has 0 bridgehead atoms. The van der Waals surface area contributed by atoms with Crippen LogP contribution in [0.3, 0.4) is 0 Å². The maximum Gasteiger partial charge on any atom is 0.328 e. The van der Waals surface area contributed by atoms with Crippen LogP contribution in [0.4, 0.5) is 0 Å². The molecule has 0 aliphatic heterocycles. The summed E-state index contributed by atoms with van der Waals surface area (Å²) in [5.41, 5.74) is 6.68. The molecule has 1 rings (SSSR count). The Morgan fingerprint density at radius 3 is 2.37 bits per heavy atom. The summed E-state index contributed by atoms with van der Waals surface area (Å²) in [5, 5.41) is 17.2. The van der Waals surface area contributed by atoms with Crippen LogP contribution in [0.5, 0.6) is 0 Å². The molecule has 6 heteroatoms. The minimum absolute atomic E-state index is 0.192. The van der Waals surface area contributed by atoms with Gasteiger partial charge in [-0.25, -0.2) is 9.48 Å². The second-order valence-corrected chi connectivity index (χ2v) is 5.84. The Bertz CT molecular complexity index is 415. The fourth-order valence-corrected chi connectivity index (χ4v) is 2.01. The highest BCUT2D eigenvalue weighted by molar-refractivity contribution is 5.71. The van der Waals surface area contributed by atoms with Gasteiger partial charge in [-0.1, -0.05) is 32.9 Å². The van der Waals surface area contributed by atoms with Crippen LogP contribution in [0.15, 0.2) is 6.20 Å². The summed E-state index contributed by atoms with van der Waals surface area (Å²) in [4.78, 5) is 11.3. The summed E-state index contributed by atoms with van der Waals surface area (Å²) in [5.74, 6) is -0.147. The average molecular weight is 268 g/mol. The van der Waals surface area contributed by atoms with Crippen LogP contribution in [0.25, 0.3) is 0 Å². The lowest BCUT2D eigenvalue weighted by Crippen LogP contribution is -2.21. The molecule has 0 amide bonds. The van der Waals surface area contributed by atoms with E-state index in [1.54, 1.807) is 6.20 Å². The molecule has 0 unspecified atom stereocenters. The molecule has 0 saturated heterocycles. The molecule has 0 aliphatic rings. The summed E-state index contributed by atoms with van der Waals surface area (Å²) in [7, 11) is 0. The molecule has 1 heterocycles. The minimum Gasteiger partial charge on any atom is -0.480 e. The third-order valence-corrected chi connectivity index (χ3v) is 2.93. The van der Waals surface area contributed by atoms with Gasteiger partial charge in [-0.2, -0.15) is 0 Å². The van der Waals surface area contributed by atoms with Crippen LogP contribution in [0.2, 0.25) is 0 Å². The predicted molar refractivity (Wildman–Crippen MR) is 72.5 cm³/mol. The van der Waals surface area contributed by atoms with E-state index < -0.39 is 12.0 Å². The van der Waals surface area contributed by atoms with Gasteiger partial charge in [0.15, 0.2) is 6.04 Å². The van der Waals surface area contributed by atoms with Crippen LogP contribution in [-0.2, 0) is 4.79 Å². The third kappa shape index (κ3) is 4.63. The van der Waals surface area contributed by atoms with E-state index in [4.69, 9.17) is 5.73 Å². The first-order valence-electron chi connectivity index (χ1n) is 6.71. The van der Waals surface area contributed by atoms with Crippen LogP contribution in [0.1, 0.15) is 58.3 Å². The van der Waals surface area contributed by atoms with Gasteiger partial charge in [-0.3, -0.25) is 0 Å². The van der Waals surface area contributed by atoms with Crippen LogP contribution < -0.4 is 5.73 Å². The summed E-state index contributed by atoms with van der Waals surface area (Å²) < 4.78 is 1.41. The molecule has 6 nitrogen and oxygen atoms in total. The lowest BCUT2D eigenvalue weighted by molar-refractivity contribution is -0.141. The van der Waals surface area contributed by atoms with Gasteiger partial charge < -0.3 is 10.8 Å². The molecule has 0 radical (unpaired) electrons. The highest BCUT2D eigenvalue weighted by Gasteiger charge is 2.23. The largest absolute Gasteiger partial charge is 0.480 e. The zero-order valence-electron chi connectivity index (χ0n) is 12.1. The van der Waals surface area contributed by atoms with Crippen molar-refractivity contribution >= 4 is 5.97 Å².